The van der Waals surface area contributed by atoms with Crippen molar-refractivity contribution in [3.8, 4) is 28.5 Å². The predicted octanol–water partition coefficient (Wildman–Crippen LogP) is 2.69. The molecular weight excluding hydrogens is 632 g/mol. The molecule has 5 rings (SSSR count). The van der Waals surface area contributed by atoms with Crippen LogP contribution in [0.15, 0.2) is 75.4 Å². The van der Waals surface area contributed by atoms with Gasteiger partial charge in [0.1, 0.15) is 24.5 Å². The summed E-state index contributed by atoms with van der Waals surface area (Å²) >= 11 is 3.33. The molecule has 14 heteroatoms. The van der Waals surface area contributed by atoms with Gasteiger partial charge in [0, 0.05) is 47.3 Å². The van der Waals surface area contributed by atoms with Crippen LogP contribution in [0.3, 0.4) is 0 Å². The Hall–Kier alpha value is -4.53. The van der Waals surface area contributed by atoms with Crippen LogP contribution in [0.2, 0.25) is 0 Å². The number of hydrogen-bond donors (Lipinski definition) is 1. The van der Waals surface area contributed by atoms with Crippen molar-refractivity contribution in [1.82, 2.24) is 33.6 Å². The average molecular weight is 668 g/mol. The minimum atomic E-state index is -0.259. The Kier molecular flexibility index (Phi) is 10.9. The normalized spacial score (nSPS) is 11.1. The molecule has 0 fully saturated rings. The Morgan fingerprint density at radius 1 is 0.773 bits per heavy atom. The summed E-state index contributed by atoms with van der Waals surface area (Å²) in [5.41, 5.74) is 8.59. The van der Waals surface area contributed by atoms with Crippen LogP contribution < -0.4 is 31.1 Å². The van der Waals surface area contributed by atoms with E-state index in [1.807, 2.05) is 50.1 Å². The lowest BCUT2D eigenvalue weighted by atomic mass is 10.1. The minimum Gasteiger partial charge on any atom is -0.485 e. The van der Waals surface area contributed by atoms with E-state index >= 15 is 0 Å². The van der Waals surface area contributed by atoms with E-state index in [0.717, 1.165) is 22.1 Å². The molecule has 0 spiro atoms. The third-order valence-corrected chi connectivity index (χ3v) is 6.77. The van der Waals surface area contributed by atoms with Gasteiger partial charge in [-0.2, -0.15) is 0 Å². The maximum Gasteiger partial charge on any atom is 0.300 e. The van der Waals surface area contributed by atoms with Gasteiger partial charge in [0.25, 0.3) is 11.1 Å². The van der Waals surface area contributed by atoms with E-state index in [0.29, 0.717) is 42.6 Å². The van der Waals surface area contributed by atoms with E-state index in [9.17, 15) is 9.59 Å². The van der Waals surface area contributed by atoms with E-state index in [2.05, 4.69) is 30.9 Å². The number of hydrogen-bond acceptors (Lipinski definition) is 11. The van der Waals surface area contributed by atoms with Gasteiger partial charge in [-0.1, -0.05) is 0 Å². The molecule has 0 amide bonds. The van der Waals surface area contributed by atoms with E-state index in [-0.39, 0.29) is 22.6 Å². The van der Waals surface area contributed by atoms with Crippen molar-refractivity contribution in [2.24, 2.45) is 0 Å². The van der Waals surface area contributed by atoms with Crippen LogP contribution in [0.1, 0.15) is 0 Å². The van der Waals surface area contributed by atoms with Crippen molar-refractivity contribution in [3.05, 3.63) is 86.5 Å². The summed E-state index contributed by atoms with van der Waals surface area (Å²) in [6.07, 6.45) is 7.96. The number of anilines is 1. The number of nitrogens with two attached hydrogens (primary N) is 1. The van der Waals surface area contributed by atoms with Gasteiger partial charge in [0.15, 0.2) is 0 Å². The number of likely N-dealkylation sites (N-methyl/N-ethyl adjacent to an activating group) is 2. The fourth-order valence-electron chi connectivity index (χ4n) is 3.94. The maximum absolute atomic E-state index is 12.7. The zero-order chi connectivity index (χ0) is 31.8. The second kappa shape index (κ2) is 14.8. The molecule has 0 aliphatic carbocycles. The molecule has 0 bridgehead atoms. The standard InChI is InChI=1S/C18H21N5O3.C12H14BrN3O2/c1-22(2)6-7-26-15-10-20-16-5-4-12(11-23(16)18(15)24)13-8-14(19)17(25-3)21-9-13;1-15(2)5-6-18-10-7-14-11-4-3-9(13)8-16(11)12(10)17/h4-5,8-11H,6-7,19H2,1-3H3;3-4,7-8H,5-6H2,1-2H3. The zero-order valence-corrected chi connectivity index (χ0v) is 26.8. The number of pyridine rings is 3. The molecule has 0 unspecified atom stereocenters. The molecule has 0 radical (unpaired) electrons. The SMILES string of the molecule is CN(C)CCOc1cnc2ccc(Br)cn2c1=O.COc1ncc(-c2ccc3ncc(OCCN(C)C)c(=O)n3c2)cc1N. The summed E-state index contributed by atoms with van der Waals surface area (Å²) in [4.78, 5) is 41.4. The van der Waals surface area contributed by atoms with Gasteiger partial charge in [-0.25, -0.2) is 15.0 Å². The maximum atomic E-state index is 12.7. The first-order chi connectivity index (χ1) is 21.1. The molecule has 5 heterocycles. The highest BCUT2D eigenvalue weighted by Gasteiger charge is 2.10. The number of ether oxygens (including phenoxy) is 3. The molecule has 44 heavy (non-hydrogen) atoms. The van der Waals surface area contributed by atoms with Gasteiger partial charge in [-0.05, 0) is 74.5 Å². The highest BCUT2D eigenvalue weighted by atomic mass is 79.9. The molecular formula is C30H35BrN8O5. The fourth-order valence-corrected chi connectivity index (χ4v) is 4.27. The first kappa shape index (κ1) is 32.4. The van der Waals surface area contributed by atoms with Crippen LogP contribution in [-0.2, 0) is 0 Å². The van der Waals surface area contributed by atoms with Crippen LogP contribution in [-0.4, -0.2) is 95.2 Å². The third kappa shape index (κ3) is 8.09. The number of halogens is 1. The zero-order valence-electron chi connectivity index (χ0n) is 25.2. The summed E-state index contributed by atoms with van der Waals surface area (Å²) in [6, 6.07) is 8.99. The molecule has 5 aromatic rings. The molecule has 0 aliphatic heterocycles. The second-order valence-electron chi connectivity index (χ2n) is 10.2. The average Bonchev–Trinajstić information content (AvgIpc) is 2.99. The third-order valence-electron chi connectivity index (χ3n) is 6.30. The molecule has 0 saturated heterocycles. The largest absolute Gasteiger partial charge is 0.485 e. The number of nitrogen functional groups attached to an aromatic ring is 1. The lowest BCUT2D eigenvalue weighted by molar-refractivity contribution is 0.257. The smallest absolute Gasteiger partial charge is 0.300 e. The van der Waals surface area contributed by atoms with Gasteiger partial charge in [0.2, 0.25) is 17.4 Å². The molecule has 0 aromatic carbocycles. The van der Waals surface area contributed by atoms with Gasteiger partial charge in [-0.15, -0.1) is 0 Å². The number of rotatable bonds is 10. The number of methoxy groups -OCH3 is 1. The highest BCUT2D eigenvalue weighted by molar-refractivity contribution is 9.10. The summed E-state index contributed by atoms with van der Waals surface area (Å²) < 4.78 is 19.8. The van der Waals surface area contributed by atoms with E-state index < -0.39 is 0 Å². The molecule has 232 valence electrons. The first-order valence-corrected chi connectivity index (χ1v) is 14.4. The molecule has 0 saturated carbocycles. The molecule has 13 nitrogen and oxygen atoms in total. The molecule has 2 N–H and O–H groups in total. The summed E-state index contributed by atoms with van der Waals surface area (Å²) in [5.74, 6) is 0.853. The van der Waals surface area contributed by atoms with Crippen LogP contribution in [0, 0.1) is 0 Å². The Balaban J connectivity index is 0.000000215. The number of nitrogens with zero attached hydrogens (tertiary/aromatic N) is 7. The van der Waals surface area contributed by atoms with Crippen molar-refractivity contribution < 1.29 is 14.2 Å². The van der Waals surface area contributed by atoms with Crippen LogP contribution in [0.25, 0.3) is 22.4 Å². The van der Waals surface area contributed by atoms with Gasteiger partial charge in [-0.3, -0.25) is 18.4 Å². The van der Waals surface area contributed by atoms with Crippen LogP contribution in [0.5, 0.6) is 17.4 Å². The fraction of sp³-hybridized carbons (Fsp3) is 0.300. The number of aromatic nitrogens is 5. The lowest BCUT2D eigenvalue weighted by Gasteiger charge is -2.11. The molecule has 0 atom stereocenters. The second-order valence-corrected chi connectivity index (χ2v) is 11.1. The summed E-state index contributed by atoms with van der Waals surface area (Å²) in [5, 5.41) is 0. The summed E-state index contributed by atoms with van der Waals surface area (Å²) in [6.45, 7) is 2.33. The Morgan fingerprint density at radius 2 is 1.32 bits per heavy atom. The topological polar surface area (TPSA) is 142 Å². The predicted molar refractivity (Wildman–Crippen MR) is 173 cm³/mol. The molecule has 5 aromatic heterocycles. The molecule has 0 aliphatic rings. The minimum absolute atomic E-state index is 0.194. The number of fused-ring (bicyclic) bond motifs is 2. The quantitative estimate of drug-likeness (QED) is 0.235. The van der Waals surface area contributed by atoms with E-state index in [1.54, 1.807) is 36.8 Å². The Morgan fingerprint density at radius 3 is 1.84 bits per heavy atom. The van der Waals surface area contributed by atoms with Crippen molar-refractivity contribution >= 4 is 32.9 Å². The van der Waals surface area contributed by atoms with Crippen molar-refractivity contribution in [2.75, 3.05) is 67.3 Å². The van der Waals surface area contributed by atoms with Crippen LogP contribution >= 0.6 is 15.9 Å². The van der Waals surface area contributed by atoms with Crippen molar-refractivity contribution in [2.45, 2.75) is 0 Å². The Bertz CT molecular complexity index is 1860. The van der Waals surface area contributed by atoms with Gasteiger partial charge >= 0.3 is 0 Å². The van der Waals surface area contributed by atoms with Gasteiger partial charge in [0.05, 0.1) is 25.2 Å². The first-order valence-electron chi connectivity index (χ1n) is 13.6. The summed E-state index contributed by atoms with van der Waals surface area (Å²) in [7, 11) is 9.29. The van der Waals surface area contributed by atoms with Crippen molar-refractivity contribution in [1.29, 1.82) is 0 Å². The highest BCUT2D eigenvalue weighted by Crippen LogP contribution is 2.26. The van der Waals surface area contributed by atoms with E-state index in [4.69, 9.17) is 19.9 Å². The van der Waals surface area contributed by atoms with Crippen molar-refractivity contribution in [3.63, 3.8) is 0 Å². The van der Waals surface area contributed by atoms with E-state index in [1.165, 1.54) is 28.3 Å². The lowest BCUT2D eigenvalue weighted by Crippen LogP contribution is -2.23. The van der Waals surface area contributed by atoms with Crippen LogP contribution in [0.4, 0.5) is 5.69 Å². The Labute approximate surface area is 262 Å². The monoisotopic (exact) mass is 666 g/mol. The van der Waals surface area contributed by atoms with Gasteiger partial charge < -0.3 is 29.7 Å².